The van der Waals surface area contributed by atoms with Crippen molar-refractivity contribution in [3.05, 3.63) is 35.8 Å². The molecule has 0 saturated heterocycles. The number of fused-ring (bicyclic) bond motifs is 1. The number of benzene rings is 1. The molecule has 1 aliphatic rings. The molecule has 0 unspecified atom stereocenters. The predicted octanol–water partition coefficient (Wildman–Crippen LogP) is 3.13. The van der Waals surface area contributed by atoms with Gasteiger partial charge in [-0.2, -0.15) is 0 Å². The van der Waals surface area contributed by atoms with Crippen molar-refractivity contribution in [2.45, 2.75) is 26.7 Å². The summed E-state index contributed by atoms with van der Waals surface area (Å²) in [5, 5.41) is 0. The summed E-state index contributed by atoms with van der Waals surface area (Å²) in [6.45, 7) is 4.36. The highest BCUT2D eigenvalue weighted by molar-refractivity contribution is 5.67. The molecule has 2 aromatic rings. The average Bonchev–Trinajstić information content (AvgIpc) is 2.88. The summed E-state index contributed by atoms with van der Waals surface area (Å²) in [4.78, 5) is 8.87. The molecule has 0 saturated carbocycles. The third-order valence-electron chi connectivity index (χ3n) is 3.15. The van der Waals surface area contributed by atoms with Gasteiger partial charge < -0.3 is 9.47 Å². The number of hydrogen-bond donors (Lipinski definition) is 0. The molecule has 0 amide bonds. The third kappa shape index (κ3) is 2.26. The lowest BCUT2D eigenvalue weighted by atomic mass is 10.0. The second-order valence-electron chi connectivity index (χ2n) is 4.61. The Hall–Kier alpha value is -2.10. The number of ether oxygens (including phenoxy) is 2. The van der Waals surface area contributed by atoms with Crippen molar-refractivity contribution >= 4 is 0 Å². The normalized spacial score (nSPS) is 12.7. The number of rotatable bonds is 3. The molecule has 1 aliphatic heterocycles. The fourth-order valence-electron chi connectivity index (χ4n) is 2.24. The van der Waals surface area contributed by atoms with E-state index in [9.17, 15) is 0 Å². The van der Waals surface area contributed by atoms with E-state index in [0.29, 0.717) is 6.79 Å². The van der Waals surface area contributed by atoms with Crippen LogP contribution in [0.3, 0.4) is 0 Å². The molecule has 0 spiro atoms. The van der Waals surface area contributed by atoms with Gasteiger partial charge in [0.15, 0.2) is 11.5 Å². The molecule has 0 fully saturated rings. The Labute approximate surface area is 112 Å². The molecule has 0 N–H and O–H groups in total. The zero-order chi connectivity index (χ0) is 13.2. The molecular weight excluding hydrogens is 240 g/mol. The van der Waals surface area contributed by atoms with E-state index in [1.54, 1.807) is 0 Å². The molecule has 4 heteroatoms. The van der Waals surface area contributed by atoms with Crippen LogP contribution in [0.25, 0.3) is 11.3 Å². The molecule has 0 radical (unpaired) electrons. The Morgan fingerprint density at radius 2 is 2.05 bits per heavy atom. The van der Waals surface area contributed by atoms with E-state index in [1.165, 1.54) is 5.56 Å². The predicted molar refractivity (Wildman–Crippen MR) is 72.3 cm³/mol. The first-order valence-corrected chi connectivity index (χ1v) is 6.50. The van der Waals surface area contributed by atoms with E-state index >= 15 is 0 Å². The van der Waals surface area contributed by atoms with Crippen molar-refractivity contribution in [3.8, 4) is 22.8 Å². The van der Waals surface area contributed by atoms with E-state index < -0.39 is 0 Å². The van der Waals surface area contributed by atoms with Crippen molar-refractivity contribution in [2.24, 2.45) is 0 Å². The third-order valence-corrected chi connectivity index (χ3v) is 3.15. The van der Waals surface area contributed by atoms with Gasteiger partial charge in [-0.15, -0.1) is 0 Å². The Kier molecular flexibility index (Phi) is 3.07. The van der Waals surface area contributed by atoms with Gasteiger partial charge in [-0.1, -0.05) is 13.3 Å². The molecule has 0 aliphatic carbocycles. The molecule has 98 valence electrons. The van der Waals surface area contributed by atoms with Gasteiger partial charge in [-0.05, 0) is 37.1 Å². The summed E-state index contributed by atoms with van der Waals surface area (Å²) in [6.07, 6.45) is 3.97. The Bertz CT molecular complexity index is 611. The first-order valence-electron chi connectivity index (χ1n) is 6.50. The van der Waals surface area contributed by atoms with E-state index in [0.717, 1.165) is 41.4 Å². The maximum Gasteiger partial charge on any atom is 0.231 e. The lowest BCUT2D eigenvalue weighted by Crippen LogP contribution is -1.98. The van der Waals surface area contributed by atoms with Gasteiger partial charge in [0.1, 0.15) is 5.82 Å². The van der Waals surface area contributed by atoms with Crippen LogP contribution in [-0.4, -0.2) is 16.8 Å². The minimum Gasteiger partial charge on any atom is -0.454 e. The summed E-state index contributed by atoms with van der Waals surface area (Å²) >= 11 is 0. The van der Waals surface area contributed by atoms with Gasteiger partial charge in [0.05, 0.1) is 5.69 Å². The number of nitrogens with zero attached hydrogens (tertiary/aromatic N) is 2. The minimum absolute atomic E-state index is 0.295. The fraction of sp³-hybridized carbons (Fsp3) is 0.333. The van der Waals surface area contributed by atoms with Crippen LogP contribution in [0.15, 0.2) is 24.4 Å². The van der Waals surface area contributed by atoms with Crippen LogP contribution in [-0.2, 0) is 6.42 Å². The summed E-state index contributed by atoms with van der Waals surface area (Å²) in [6, 6.07) is 5.95. The molecule has 1 aromatic heterocycles. The molecule has 3 rings (SSSR count). The van der Waals surface area contributed by atoms with Crippen LogP contribution in [0.1, 0.15) is 24.7 Å². The number of aromatic nitrogens is 2. The molecule has 4 nitrogen and oxygen atoms in total. The van der Waals surface area contributed by atoms with E-state index in [1.807, 2.05) is 31.3 Å². The second kappa shape index (κ2) is 4.88. The van der Waals surface area contributed by atoms with Gasteiger partial charge in [-0.25, -0.2) is 9.97 Å². The van der Waals surface area contributed by atoms with Crippen LogP contribution in [0.5, 0.6) is 11.5 Å². The topological polar surface area (TPSA) is 44.2 Å². The van der Waals surface area contributed by atoms with Gasteiger partial charge in [0.25, 0.3) is 0 Å². The number of hydrogen-bond acceptors (Lipinski definition) is 4. The smallest absolute Gasteiger partial charge is 0.231 e. The molecule has 0 bridgehead atoms. The zero-order valence-corrected chi connectivity index (χ0v) is 11.1. The van der Waals surface area contributed by atoms with Gasteiger partial charge >= 0.3 is 0 Å². The average molecular weight is 256 g/mol. The monoisotopic (exact) mass is 256 g/mol. The van der Waals surface area contributed by atoms with Gasteiger partial charge in [0, 0.05) is 11.8 Å². The van der Waals surface area contributed by atoms with Crippen molar-refractivity contribution < 1.29 is 9.47 Å². The van der Waals surface area contributed by atoms with Crippen LogP contribution < -0.4 is 9.47 Å². The fourth-order valence-corrected chi connectivity index (χ4v) is 2.24. The zero-order valence-electron chi connectivity index (χ0n) is 11.1. The minimum atomic E-state index is 0.295. The summed E-state index contributed by atoms with van der Waals surface area (Å²) in [5.74, 6) is 2.37. The van der Waals surface area contributed by atoms with Crippen LogP contribution in [0.4, 0.5) is 0 Å². The maximum atomic E-state index is 5.43. The quantitative estimate of drug-likeness (QED) is 0.846. The standard InChI is InChI=1S/C15H16N2O2/c1-3-4-12-8-16-10(2)17-15(12)11-5-6-13-14(7-11)19-9-18-13/h5-8H,3-4,9H2,1-2H3. The van der Waals surface area contributed by atoms with Crippen molar-refractivity contribution in [3.63, 3.8) is 0 Å². The first-order chi connectivity index (χ1) is 9.28. The van der Waals surface area contributed by atoms with Crippen molar-refractivity contribution in [1.82, 2.24) is 9.97 Å². The second-order valence-corrected chi connectivity index (χ2v) is 4.61. The summed E-state index contributed by atoms with van der Waals surface area (Å²) in [5.41, 5.74) is 3.22. The molecule has 1 aromatic carbocycles. The lowest BCUT2D eigenvalue weighted by Gasteiger charge is -2.09. The highest BCUT2D eigenvalue weighted by Gasteiger charge is 2.16. The van der Waals surface area contributed by atoms with E-state index in [2.05, 4.69) is 16.9 Å². The van der Waals surface area contributed by atoms with Crippen LogP contribution >= 0.6 is 0 Å². The van der Waals surface area contributed by atoms with Gasteiger partial charge in [-0.3, -0.25) is 0 Å². The van der Waals surface area contributed by atoms with Crippen molar-refractivity contribution in [2.75, 3.05) is 6.79 Å². The van der Waals surface area contributed by atoms with Gasteiger partial charge in [0.2, 0.25) is 6.79 Å². The van der Waals surface area contributed by atoms with Crippen molar-refractivity contribution in [1.29, 1.82) is 0 Å². The van der Waals surface area contributed by atoms with Crippen LogP contribution in [0.2, 0.25) is 0 Å². The molecule has 0 atom stereocenters. The summed E-state index contributed by atoms with van der Waals surface area (Å²) < 4.78 is 10.8. The molecule has 2 heterocycles. The Morgan fingerprint density at radius 1 is 1.21 bits per heavy atom. The highest BCUT2D eigenvalue weighted by Crippen LogP contribution is 2.36. The summed E-state index contributed by atoms with van der Waals surface area (Å²) in [7, 11) is 0. The largest absolute Gasteiger partial charge is 0.454 e. The highest BCUT2D eigenvalue weighted by atomic mass is 16.7. The van der Waals surface area contributed by atoms with E-state index in [4.69, 9.17) is 9.47 Å². The van der Waals surface area contributed by atoms with Crippen LogP contribution in [0, 0.1) is 6.92 Å². The Morgan fingerprint density at radius 3 is 2.89 bits per heavy atom. The molecular formula is C15H16N2O2. The Balaban J connectivity index is 2.07. The molecule has 19 heavy (non-hydrogen) atoms. The van der Waals surface area contributed by atoms with E-state index in [-0.39, 0.29) is 0 Å². The first kappa shape index (κ1) is 12.0. The SMILES string of the molecule is CCCc1cnc(C)nc1-c1ccc2c(c1)OCO2. The maximum absolute atomic E-state index is 5.43. The lowest BCUT2D eigenvalue weighted by molar-refractivity contribution is 0.174. The number of aryl methyl sites for hydroxylation is 2.